The fourth-order valence-corrected chi connectivity index (χ4v) is 1.92. The summed E-state index contributed by atoms with van der Waals surface area (Å²) in [4.78, 5) is 10.0. The van der Waals surface area contributed by atoms with Gasteiger partial charge in [-0.25, -0.2) is 0 Å². The van der Waals surface area contributed by atoms with Gasteiger partial charge in [0.2, 0.25) is 5.16 Å². The van der Waals surface area contributed by atoms with Crippen LogP contribution in [0.3, 0.4) is 0 Å². The van der Waals surface area contributed by atoms with Gasteiger partial charge in [0.25, 0.3) is 5.69 Å². The van der Waals surface area contributed by atoms with Crippen LogP contribution in [0.2, 0.25) is 0 Å². The van der Waals surface area contributed by atoms with Gasteiger partial charge in [0, 0.05) is 24.1 Å². The van der Waals surface area contributed by atoms with Gasteiger partial charge in [-0.05, 0) is 12.1 Å². The lowest BCUT2D eigenvalue weighted by Gasteiger charge is -2.03. The van der Waals surface area contributed by atoms with Crippen molar-refractivity contribution in [2.24, 2.45) is 0 Å². The second-order valence-corrected chi connectivity index (χ2v) is 4.48. The second kappa shape index (κ2) is 4.42. The predicted octanol–water partition coefficient (Wildman–Crippen LogP) is 0.913. The fourth-order valence-electron chi connectivity index (χ4n) is 1.33. The topological polar surface area (TPSA) is 90.9 Å². The Morgan fingerprint density at radius 2 is 2.00 bits per heavy atom. The summed E-state index contributed by atoms with van der Waals surface area (Å²) in [6.07, 6.45) is 2.91. The lowest BCUT2D eigenvalue weighted by molar-refractivity contribution is -0.384. The van der Waals surface area contributed by atoms with Gasteiger partial charge in [-0.3, -0.25) is 18.9 Å². The molecule has 0 aliphatic heterocycles. The first kappa shape index (κ1) is 11.4. The Labute approximate surface area is 98.7 Å². The van der Waals surface area contributed by atoms with Crippen molar-refractivity contribution < 1.29 is 9.13 Å². The van der Waals surface area contributed by atoms with Crippen LogP contribution in [0.5, 0.6) is 0 Å². The van der Waals surface area contributed by atoms with Crippen molar-refractivity contribution in [3.05, 3.63) is 40.7 Å². The molecule has 0 fully saturated rings. The van der Waals surface area contributed by atoms with Crippen LogP contribution >= 0.6 is 0 Å². The molecule has 8 heteroatoms. The third kappa shape index (κ3) is 2.21. The monoisotopic (exact) mass is 252 g/mol. The highest BCUT2D eigenvalue weighted by Crippen LogP contribution is 2.16. The Morgan fingerprint density at radius 3 is 2.53 bits per heavy atom. The van der Waals surface area contributed by atoms with Crippen molar-refractivity contribution in [2.75, 3.05) is 6.26 Å². The Morgan fingerprint density at radius 1 is 1.35 bits per heavy atom. The highest BCUT2D eigenvalue weighted by molar-refractivity contribution is 7.84. The van der Waals surface area contributed by atoms with Gasteiger partial charge in [0.15, 0.2) is 0 Å². The average molecular weight is 252 g/mol. The molecule has 0 radical (unpaired) electrons. The van der Waals surface area contributed by atoms with Crippen molar-refractivity contribution in [1.29, 1.82) is 0 Å². The summed E-state index contributed by atoms with van der Waals surface area (Å²) < 4.78 is 12.9. The third-order valence-corrected chi connectivity index (χ3v) is 2.90. The van der Waals surface area contributed by atoms with E-state index in [1.807, 2.05) is 0 Å². The highest BCUT2D eigenvalue weighted by Gasteiger charge is 2.11. The molecular weight excluding hydrogens is 244 g/mol. The maximum absolute atomic E-state index is 11.4. The molecule has 1 aromatic heterocycles. The standard InChI is InChI=1S/C9H8N4O3S/c1-17(16)9-11-10-6-12(9)7-2-4-8(5-3-7)13(14)15/h2-6H,1H3. The summed E-state index contributed by atoms with van der Waals surface area (Å²) in [7, 11) is -1.27. The molecule has 0 amide bonds. The van der Waals surface area contributed by atoms with E-state index in [0.29, 0.717) is 10.8 Å². The number of benzene rings is 1. The van der Waals surface area contributed by atoms with Crippen LogP contribution in [-0.2, 0) is 10.8 Å². The molecule has 1 atom stereocenters. The largest absolute Gasteiger partial charge is 0.275 e. The fraction of sp³-hybridized carbons (Fsp3) is 0.111. The predicted molar refractivity (Wildman–Crippen MR) is 60.3 cm³/mol. The summed E-state index contributed by atoms with van der Waals surface area (Å²) in [5.41, 5.74) is 0.631. The molecule has 17 heavy (non-hydrogen) atoms. The maximum atomic E-state index is 11.4. The number of hydrogen-bond acceptors (Lipinski definition) is 5. The van der Waals surface area contributed by atoms with E-state index in [4.69, 9.17) is 0 Å². The van der Waals surface area contributed by atoms with Gasteiger partial charge >= 0.3 is 0 Å². The molecule has 1 unspecified atom stereocenters. The summed E-state index contributed by atoms with van der Waals surface area (Å²) in [5, 5.41) is 18.2. The zero-order valence-electron chi connectivity index (χ0n) is 8.81. The minimum atomic E-state index is -1.27. The van der Waals surface area contributed by atoms with Crippen LogP contribution in [0.4, 0.5) is 5.69 Å². The van der Waals surface area contributed by atoms with Gasteiger partial charge in [0.1, 0.15) is 6.33 Å². The molecule has 0 spiro atoms. The van der Waals surface area contributed by atoms with Crippen LogP contribution in [0, 0.1) is 10.1 Å². The van der Waals surface area contributed by atoms with E-state index in [-0.39, 0.29) is 5.69 Å². The van der Waals surface area contributed by atoms with Crippen LogP contribution < -0.4 is 0 Å². The first-order valence-electron chi connectivity index (χ1n) is 4.58. The number of hydrogen-bond donors (Lipinski definition) is 0. The number of rotatable bonds is 3. The quantitative estimate of drug-likeness (QED) is 0.598. The Bertz CT molecular complexity index is 578. The van der Waals surface area contributed by atoms with E-state index >= 15 is 0 Å². The van der Waals surface area contributed by atoms with Crippen LogP contribution in [0.15, 0.2) is 35.7 Å². The summed E-state index contributed by atoms with van der Waals surface area (Å²) in [6, 6.07) is 5.85. The van der Waals surface area contributed by atoms with Crippen LogP contribution in [-0.4, -0.2) is 30.2 Å². The molecule has 2 rings (SSSR count). The minimum Gasteiger partial charge on any atom is -0.275 e. The molecule has 0 bridgehead atoms. The number of aromatic nitrogens is 3. The molecular formula is C9H8N4O3S. The van der Waals surface area contributed by atoms with Crippen molar-refractivity contribution in [2.45, 2.75) is 5.16 Å². The second-order valence-electron chi connectivity index (χ2n) is 3.21. The first-order valence-corrected chi connectivity index (χ1v) is 6.13. The molecule has 1 aromatic carbocycles. The molecule has 2 aromatic rings. The molecule has 88 valence electrons. The van der Waals surface area contributed by atoms with E-state index in [9.17, 15) is 14.3 Å². The molecule has 0 aliphatic carbocycles. The summed E-state index contributed by atoms with van der Waals surface area (Å²) >= 11 is 0. The molecule has 0 saturated heterocycles. The molecule has 1 heterocycles. The molecule has 0 saturated carbocycles. The minimum absolute atomic E-state index is 0.000922. The van der Waals surface area contributed by atoms with Gasteiger partial charge in [-0.15, -0.1) is 10.2 Å². The Kier molecular flexibility index (Phi) is 2.96. The molecule has 0 aliphatic rings. The average Bonchev–Trinajstić information content (AvgIpc) is 2.78. The van der Waals surface area contributed by atoms with Crippen molar-refractivity contribution in [3.63, 3.8) is 0 Å². The van der Waals surface area contributed by atoms with Crippen LogP contribution in [0.1, 0.15) is 0 Å². The van der Waals surface area contributed by atoms with Crippen molar-refractivity contribution >= 4 is 16.5 Å². The van der Waals surface area contributed by atoms with E-state index in [0.717, 1.165) is 0 Å². The zero-order valence-corrected chi connectivity index (χ0v) is 9.63. The Balaban J connectivity index is 2.43. The van der Waals surface area contributed by atoms with Gasteiger partial charge in [0.05, 0.1) is 15.7 Å². The zero-order chi connectivity index (χ0) is 12.4. The Hall–Kier alpha value is -2.09. The van der Waals surface area contributed by atoms with E-state index in [1.54, 1.807) is 12.1 Å². The van der Waals surface area contributed by atoms with Gasteiger partial charge in [-0.2, -0.15) is 0 Å². The lowest BCUT2D eigenvalue weighted by atomic mass is 10.3. The number of non-ortho nitro benzene ring substituents is 1. The lowest BCUT2D eigenvalue weighted by Crippen LogP contribution is -2.01. The maximum Gasteiger partial charge on any atom is 0.269 e. The van der Waals surface area contributed by atoms with Crippen molar-refractivity contribution in [1.82, 2.24) is 14.8 Å². The van der Waals surface area contributed by atoms with Crippen molar-refractivity contribution in [3.8, 4) is 5.69 Å². The molecule has 0 N–H and O–H groups in total. The first-order chi connectivity index (χ1) is 8.09. The van der Waals surface area contributed by atoms with E-state index in [1.165, 1.54) is 29.3 Å². The van der Waals surface area contributed by atoms with Gasteiger partial charge < -0.3 is 0 Å². The van der Waals surface area contributed by atoms with Crippen LogP contribution in [0.25, 0.3) is 5.69 Å². The van der Waals surface area contributed by atoms with E-state index in [2.05, 4.69) is 10.2 Å². The number of nitro benzene ring substituents is 1. The SMILES string of the molecule is CS(=O)c1nncn1-c1ccc([N+](=O)[O-])cc1. The summed E-state index contributed by atoms with van der Waals surface area (Å²) in [5.74, 6) is 0. The normalized spacial score (nSPS) is 12.3. The third-order valence-electron chi connectivity index (χ3n) is 2.11. The number of nitro groups is 1. The smallest absolute Gasteiger partial charge is 0.269 e. The highest BCUT2D eigenvalue weighted by atomic mass is 32.2. The van der Waals surface area contributed by atoms with Gasteiger partial charge in [-0.1, -0.05) is 0 Å². The number of nitrogens with zero attached hydrogens (tertiary/aromatic N) is 4. The molecule has 7 nitrogen and oxygen atoms in total. The summed E-state index contributed by atoms with van der Waals surface area (Å²) in [6.45, 7) is 0. The van der Waals surface area contributed by atoms with E-state index < -0.39 is 15.7 Å².